The average molecular weight is 421 g/mol. The van der Waals surface area contributed by atoms with Gasteiger partial charge in [-0.05, 0) is 23.3 Å². The molecule has 5 heteroatoms. The summed E-state index contributed by atoms with van der Waals surface area (Å²) in [7, 11) is 0. The molecule has 158 valence electrons. The van der Waals surface area contributed by atoms with Crippen LogP contribution in [0.3, 0.4) is 0 Å². The van der Waals surface area contributed by atoms with Crippen molar-refractivity contribution < 1.29 is 5.11 Å². The molecule has 5 aromatic rings. The topological polar surface area (TPSA) is 66.7 Å². The molecule has 0 saturated heterocycles. The van der Waals surface area contributed by atoms with E-state index in [2.05, 4.69) is 27.4 Å². The van der Waals surface area contributed by atoms with Gasteiger partial charge in [0.05, 0.1) is 12.2 Å². The highest BCUT2D eigenvalue weighted by molar-refractivity contribution is 5.64. The number of aliphatic hydroxyl groups is 1. The minimum Gasteiger partial charge on any atom is -0.378 e. The fourth-order valence-corrected chi connectivity index (χ4v) is 4.13. The van der Waals surface area contributed by atoms with Crippen molar-refractivity contribution in [2.75, 3.05) is 0 Å². The smallest absolute Gasteiger partial charge is 0.141 e. The lowest BCUT2D eigenvalue weighted by molar-refractivity contribution is 0.0760. The van der Waals surface area contributed by atoms with E-state index in [1.54, 1.807) is 0 Å². The molecule has 0 amide bonds. The van der Waals surface area contributed by atoms with Crippen LogP contribution in [-0.2, 0) is 18.6 Å². The summed E-state index contributed by atoms with van der Waals surface area (Å²) in [6.45, 7) is 0.561. The van der Waals surface area contributed by atoms with E-state index >= 15 is 0 Å². The van der Waals surface area contributed by atoms with Gasteiger partial charge in [0.2, 0.25) is 0 Å². The first-order chi connectivity index (χ1) is 15.7. The molecule has 0 aliphatic heterocycles. The van der Waals surface area contributed by atoms with Crippen LogP contribution < -0.4 is 0 Å². The number of hydrogen-bond acceptors (Lipinski definition) is 3. The fraction of sp³-hybridized carbons (Fsp3) is 0.111. The Labute approximate surface area is 187 Å². The van der Waals surface area contributed by atoms with Crippen molar-refractivity contribution in [1.82, 2.24) is 20.0 Å². The van der Waals surface area contributed by atoms with Crippen LogP contribution in [-0.4, -0.2) is 25.1 Å². The summed E-state index contributed by atoms with van der Waals surface area (Å²) in [5.74, 6) is 0. The first-order valence-electron chi connectivity index (χ1n) is 10.7. The summed E-state index contributed by atoms with van der Waals surface area (Å²) in [6.07, 6.45) is 2.22. The van der Waals surface area contributed by atoms with E-state index in [4.69, 9.17) is 0 Å². The zero-order chi connectivity index (χ0) is 21.8. The lowest BCUT2D eigenvalue weighted by Gasteiger charge is -2.28. The molecule has 0 saturated carbocycles. The molecular formula is C27H24N4O. The first kappa shape index (κ1) is 20.0. The molecule has 3 aromatic carbocycles. The second kappa shape index (κ2) is 8.65. The Bertz CT molecular complexity index is 1270. The molecule has 5 rings (SSSR count). The third-order valence-corrected chi connectivity index (χ3v) is 5.71. The molecule has 32 heavy (non-hydrogen) atoms. The second-order valence-electron chi connectivity index (χ2n) is 7.89. The Balaban J connectivity index is 1.69. The molecular weight excluding hydrogens is 396 g/mol. The molecule has 2 N–H and O–H groups in total. The van der Waals surface area contributed by atoms with Crippen molar-refractivity contribution in [3.63, 3.8) is 0 Å². The van der Waals surface area contributed by atoms with Crippen molar-refractivity contribution in [2.24, 2.45) is 0 Å². The highest BCUT2D eigenvalue weighted by atomic mass is 16.3. The Kier molecular flexibility index (Phi) is 5.40. The maximum Gasteiger partial charge on any atom is 0.141 e. The van der Waals surface area contributed by atoms with E-state index in [0.717, 1.165) is 28.1 Å². The summed E-state index contributed by atoms with van der Waals surface area (Å²) in [4.78, 5) is 3.22. The standard InChI is InChI=1S/C27H24N4O/c32-27(19-24-17-10-18-28-24,23-15-8-3-9-16-23)26-25(22-13-6-2-7-14-22)31(30-29-26)20-21-11-4-1-5-12-21/h1-18,28,32H,19-20H2. The van der Waals surface area contributed by atoms with Crippen LogP contribution in [0.25, 0.3) is 11.3 Å². The summed E-state index contributed by atoms with van der Waals surface area (Å²) in [5.41, 5.74) is 3.78. The number of H-pyrrole nitrogens is 1. The predicted octanol–water partition coefficient (Wildman–Crippen LogP) is 4.80. The second-order valence-corrected chi connectivity index (χ2v) is 7.89. The van der Waals surface area contributed by atoms with Gasteiger partial charge in [0.15, 0.2) is 0 Å². The lowest BCUT2D eigenvalue weighted by atomic mass is 9.84. The monoisotopic (exact) mass is 420 g/mol. The van der Waals surface area contributed by atoms with Gasteiger partial charge in [0, 0.05) is 23.9 Å². The van der Waals surface area contributed by atoms with E-state index in [1.807, 2.05) is 102 Å². The Hall–Kier alpha value is -3.96. The van der Waals surface area contributed by atoms with Crippen LogP contribution in [0.4, 0.5) is 0 Å². The highest BCUT2D eigenvalue weighted by Crippen LogP contribution is 2.37. The number of aromatic amines is 1. The van der Waals surface area contributed by atoms with E-state index in [0.29, 0.717) is 18.7 Å². The van der Waals surface area contributed by atoms with Gasteiger partial charge >= 0.3 is 0 Å². The minimum atomic E-state index is -1.35. The van der Waals surface area contributed by atoms with Gasteiger partial charge in [0.25, 0.3) is 0 Å². The largest absolute Gasteiger partial charge is 0.378 e. The quantitative estimate of drug-likeness (QED) is 0.397. The van der Waals surface area contributed by atoms with Gasteiger partial charge in [0.1, 0.15) is 11.3 Å². The van der Waals surface area contributed by atoms with Crippen molar-refractivity contribution >= 4 is 0 Å². The van der Waals surface area contributed by atoms with Crippen molar-refractivity contribution in [3.05, 3.63) is 132 Å². The zero-order valence-electron chi connectivity index (χ0n) is 17.6. The summed E-state index contributed by atoms with van der Waals surface area (Å²) in [6, 6.07) is 33.8. The van der Waals surface area contributed by atoms with Crippen molar-refractivity contribution in [3.8, 4) is 11.3 Å². The molecule has 5 nitrogen and oxygen atoms in total. The molecule has 2 aromatic heterocycles. The number of aromatic nitrogens is 4. The summed E-state index contributed by atoms with van der Waals surface area (Å²) >= 11 is 0. The molecule has 2 heterocycles. The lowest BCUT2D eigenvalue weighted by Crippen LogP contribution is -2.31. The molecule has 1 unspecified atom stereocenters. The molecule has 0 fully saturated rings. The van der Waals surface area contributed by atoms with E-state index in [-0.39, 0.29) is 0 Å². The van der Waals surface area contributed by atoms with E-state index < -0.39 is 5.60 Å². The molecule has 0 aliphatic rings. The van der Waals surface area contributed by atoms with Gasteiger partial charge in [-0.25, -0.2) is 4.68 Å². The molecule has 0 bridgehead atoms. The zero-order valence-corrected chi connectivity index (χ0v) is 17.6. The van der Waals surface area contributed by atoms with Gasteiger partial charge in [-0.1, -0.05) is 96.2 Å². The fourth-order valence-electron chi connectivity index (χ4n) is 4.13. The van der Waals surface area contributed by atoms with Gasteiger partial charge in [-0.3, -0.25) is 0 Å². The normalized spacial score (nSPS) is 13.0. The Morgan fingerprint density at radius 3 is 2.09 bits per heavy atom. The minimum absolute atomic E-state index is 0.355. The van der Waals surface area contributed by atoms with Crippen LogP contribution >= 0.6 is 0 Å². The summed E-state index contributed by atoms with van der Waals surface area (Å²) < 4.78 is 1.88. The van der Waals surface area contributed by atoms with E-state index in [1.165, 1.54) is 0 Å². The summed E-state index contributed by atoms with van der Waals surface area (Å²) in [5, 5.41) is 21.3. The highest BCUT2D eigenvalue weighted by Gasteiger charge is 2.38. The maximum absolute atomic E-state index is 12.2. The third-order valence-electron chi connectivity index (χ3n) is 5.71. The predicted molar refractivity (Wildman–Crippen MR) is 125 cm³/mol. The first-order valence-corrected chi connectivity index (χ1v) is 10.7. The molecule has 1 atom stereocenters. The number of nitrogens with zero attached hydrogens (tertiary/aromatic N) is 3. The van der Waals surface area contributed by atoms with Crippen molar-refractivity contribution in [1.29, 1.82) is 0 Å². The third kappa shape index (κ3) is 3.86. The number of hydrogen-bond donors (Lipinski definition) is 2. The number of nitrogens with one attached hydrogen (secondary N) is 1. The van der Waals surface area contributed by atoms with Crippen LogP contribution in [0.15, 0.2) is 109 Å². The van der Waals surface area contributed by atoms with Crippen LogP contribution in [0.2, 0.25) is 0 Å². The maximum atomic E-state index is 12.2. The number of rotatable bonds is 7. The van der Waals surface area contributed by atoms with Crippen LogP contribution in [0, 0.1) is 0 Å². The van der Waals surface area contributed by atoms with Crippen LogP contribution in [0.5, 0.6) is 0 Å². The Morgan fingerprint density at radius 2 is 1.44 bits per heavy atom. The SMILES string of the molecule is OC(Cc1ccc[nH]1)(c1ccccc1)c1nnn(Cc2ccccc2)c1-c1ccccc1. The Morgan fingerprint density at radius 1 is 0.781 bits per heavy atom. The van der Waals surface area contributed by atoms with Crippen molar-refractivity contribution in [2.45, 2.75) is 18.6 Å². The van der Waals surface area contributed by atoms with E-state index in [9.17, 15) is 5.11 Å². The van der Waals surface area contributed by atoms with Gasteiger partial charge in [-0.2, -0.15) is 0 Å². The van der Waals surface area contributed by atoms with Gasteiger partial charge in [-0.15, -0.1) is 5.10 Å². The molecule has 0 spiro atoms. The van der Waals surface area contributed by atoms with Gasteiger partial charge < -0.3 is 10.1 Å². The molecule has 0 radical (unpaired) electrons. The number of benzene rings is 3. The molecule has 0 aliphatic carbocycles. The van der Waals surface area contributed by atoms with Crippen LogP contribution in [0.1, 0.15) is 22.5 Å². The average Bonchev–Trinajstić information content (AvgIpc) is 3.51.